The van der Waals surface area contributed by atoms with E-state index in [-0.39, 0.29) is 11.7 Å². The van der Waals surface area contributed by atoms with Gasteiger partial charge in [-0.15, -0.1) is 0 Å². The van der Waals surface area contributed by atoms with Crippen molar-refractivity contribution in [1.82, 2.24) is 10.1 Å². The quantitative estimate of drug-likeness (QED) is 0.918. The second kappa shape index (κ2) is 5.82. The first-order chi connectivity index (χ1) is 9.73. The van der Waals surface area contributed by atoms with Crippen LogP contribution in [0.25, 0.3) is 0 Å². The van der Waals surface area contributed by atoms with E-state index in [2.05, 4.69) is 10.1 Å². The summed E-state index contributed by atoms with van der Waals surface area (Å²) in [5.74, 6) is 1.77. The number of nitrogens with zero attached hydrogens (tertiary/aromatic N) is 2. The zero-order valence-electron chi connectivity index (χ0n) is 12.2. The van der Waals surface area contributed by atoms with Gasteiger partial charge in [0.05, 0.1) is 6.10 Å². The highest BCUT2D eigenvalue weighted by Crippen LogP contribution is 2.41. The van der Waals surface area contributed by atoms with Gasteiger partial charge in [-0.25, -0.2) is 0 Å². The molecule has 0 saturated heterocycles. The minimum Gasteiger partial charge on any atom is -0.393 e. The molecule has 3 rings (SSSR count). The summed E-state index contributed by atoms with van der Waals surface area (Å²) in [6, 6.07) is 0. The summed E-state index contributed by atoms with van der Waals surface area (Å²) in [7, 11) is 0. The van der Waals surface area contributed by atoms with Gasteiger partial charge in [0.1, 0.15) is 5.60 Å². The van der Waals surface area contributed by atoms with Crippen LogP contribution in [0.2, 0.25) is 0 Å². The fourth-order valence-electron chi connectivity index (χ4n) is 3.56. The number of hydrogen-bond acceptors (Lipinski definition) is 5. The summed E-state index contributed by atoms with van der Waals surface area (Å²) in [5, 5.41) is 13.8. The van der Waals surface area contributed by atoms with Gasteiger partial charge in [-0.3, -0.25) is 0 Å². The molecule has 0 amide bonds. The van der Waals surface area contributed by atoms with Crippen LogP contribution in [0.15, 0.2) is 4.52 Å². The average Bonchev–Trinajstić information content (AvgIpc) is 3.09. The number of rotatable bonds is 4. The van der Waals surface area contributed by atoms with E-state index in [1.165, 1.54) is 12.8 Å². The monoisotopic (exact) mass is 280 g/mol. The zero-order chi connectivity index (χ0) is 14.0. The van der Waals surface area contributed by atoms with Gasteiger partial charge in [-0.05, 0) is 58.3 Å². The predicted molar refractivity (Wildman–Crippen MR) is 73.3 cm³/mol. The minimum absolute atomic E-state index is 0.154. The fourth-order valence-corrected chi connectivity index (χ4v) is 3.56. The van der Waals surface area contributed by atoms with Crippen LogP contribution in [-0.4, -0.2) is 28.0 Å². The molecule has 20 heavy (non-hydrogen) atoms. The van der Waals surface area contributed by atoms with Gasteiger partial charge in [0.25, 0.3) is 0 Å². The van der Waals surface area contributed by atoms with Gasteiger partial charge in [0.2, 0.25) is 11.7 Å². The minimum atomic E-state index is -0.315. The molecule has 0 radical (unpaired) electrons. The lowest BCUT2D eigenvalue weighted by molar-refractivity contribution is -0.0469. The van der Waals surface area contributed by atoms with E-state index in [1.807, 2.05) is 6.92 Å². The first kappa shape index (κ1) is 14.0. The second-order valence-corrected chi connectivity index (χ2v) is 6.10. The number of ether oxygens (including phenoxy) is 1. The number of aliphatic hydroxyl groups excluding tert-OH is 1. The first-order valence-corrected chi connectivity index (χ1v) is 7.89. The zero-order valence-corrected chi connectivity index (χ0v) is 12.2. The molecule has 2 aliphatic carbocycles. The Balaban J connectivity index is 1.75. The summed E-state index contributed by atoms with van der Waals surface area (Å²) in [4.78, 5) is 4.65. The van der Waals surface area contributed by atoms with E-state index in [4.69, 9.17) is 9.26 Å². The maximum Gasteiger partial charge on any atom is 0.229 e. The van der Waals surface area contributed by atoms with Crippen molar-refractivity contribution in [3.8, 4) is 0 Å². The molecule has 1 heterocycles. The third kappa shape index (κ3) is 2.61. The molecule has 112 valence electrons. The van der Waals surface area contributed by atoms with E-state index in [9.17, 15) is 5.11 Å². The molecular weight excluding hydrogens is 256 g/mol. The van der Waals surface area contributed by atoms with Crippen LogP contribution in [0.4, 0.5) is 0 Å². The third-order valence-electron chi connectivity index (χ3n) is 4.73. The Morgan fingerprint density at radius 3 is 2.60 bits per heavy atom. The van der Waals surface area contributed by atoms with Crippen molar-refractivity contribution >= 4 is 0 Å². The van der Waals surface area contributed by atoms with Crippen LogP contribution in [0.5, 0.6) is 0 Å². The lowest BCUT2D eigenvalue weighted by Crippen LogP contribution is -2.27. The lowest BCUT2D eigenvalue weighted by Gasteiger charge is -2.25. The van der Waals surface area contributed by atoms with Crippen LogP contribution in [0, 0.1) is 0 Å². The van der Waals surface area contributed by atoms with Crippen LogP contribution < -0.4 is 0 Å². The molecule has 0 atom stereocenters. The number of aromatic nitrogens is 2. The van der Waals surface area contributed by atoms with Gasteiger partial charge in [0.15, 0.2) is 0 Å². The highest BCUT2D eigenvalue weighted by molar-refractivity contribution is 5.06. The maximum atomic E-state index is 9.58. The maximum absolute atomic E-state index is 9.58. The van der Waals surface area contributed by atoms with Crippen molar-refractivity contribution in [3.05, 3.63) is 11.7 Å². The molecule has 1 aromatic rings. The molecular formula is C15H24N2O3. The molecule has 1 aromatic heterocycles. The Morgan fingerprint density at radius 1 is 1.25 bits per heavy atom. The van der Waals surface area contributed by atoms with Crippen molar-refractivity contribution in [2.45, 2.75) is 75.9 Å². The standard InChI is InChI=1S/C15H24N2O3/c1-2-19-15(9-3-4-10-15)14-16-13(20-17-14)11-5-7-12(18)8-6-11/h11-12,18H,2-10H2,1H3. The van der Waals surface area contributed by atoms with Gasteiger partial charge in [0, 0.05) is 12.5 Å². The average molecular weight is 280 g/mol. The third-order valence-corrected chi connectivity index (χ3v) is 4.73. The van der Waals surface area contributed by atoms with Crippen molar-refractivity contribution in [1.29, 1.82) is 0 Å². The summed E-state index contributed by atoms with van der Waals surface area (Å²) in [5.41, 5.74) is -0.315. The van der Waals surface area contributed by atoms with Gasteiger partial charge in [-0.1, -0.05) is 5.16 Å². The summed E-state index contributed by atoms with van der Waals surface area (Å²) < 4.78 is 11.5. The molecule has 0 unspecified atom stereocenters. The molecule has 2 fully saturated rings. The molecule has 5 heteroatoms. The summed E-state index contributed by atoms with van der Waals surface area (Å²) in [6.07, 6.45) is 7.69. The fraction of sp³-hybridized carbons (Fsp3) is 0.867. The van der Waals surface area contributed by atoms with Crippen molar-refractivity contribution < 1.29 is 14.4 Å². The normalized spacial score (nSPS) is 29.7. The Kier molecular flexibility index (Phi) is 4.08. The van der Waals surface area contributed by atoms with Crippen LogP contribution in [0.3, 0.4) is 0 Å². The molecule has 0 aliphatic heterocycles. The number of hydrogen-bond donors (Lipinski definition) is 1. The Hall–Kier alpha value is -0.940. The number of aliphatic hydroxyl groups is 1. The molecule has 2 aliphatic rings. The highest BCUT2D eigenvalue weighted by atomic mass is 16.5. The van der Waals surface area contributed by atoms with E-state index in [1.54, 1.807) is 0 Å². The summed E-state index contributed by atoms with van der Waals surface area (Å²) in [6.45, 7) is 2.70. The molecule has 0 bridgehead atoms. The van der Waals surface area contributed by atoms with Gasteiger partial charge in [-0.2, -0.15) is 4.98 Å². The highest BCUT2D eigenvalue weighted by Gasteiger charge is 2.41. The Morgan fingerprint density at radius 2 is 1.95 bits per heavy atom. The van der Waals surface area contributed by atoms with Crippen LogP contribution in [0.1, 0.15) is 75.9 Å². The Labute approximate surface area is 119 Å². The smallest absolute Gasteiger partial charge is 0.229 e. The largest absolute Gasteiger partial charge is 0.393 e. The van der Waals surface area contributed by atoms with Crippen molar-refractivity contribution in [2.24, 2.45) is 0 Å². The van der Waals surface area contributed by atoms with E-state index in [0.717, 1.165) is 50.2 Å². The molecule has 2 saturated carbocycles. The first-order valence-electron chi connectivity index (χ1n) is 7.89. The van der Waals surface area contributed by atoms with E-state index < -0.39 is 0 Å². The second-order valence-electron chi connectivity index (χ2n) is 6.10. The molecule has 5 nitrogen and oxygen atoms in total. The van der Waals surface area contributed by atoms with Gasteiger partial charge >= 0.3 is 0 Å². The molecule has 0 spiro atoms. The lowest BCUT2D eigenvalue weighted by atomic mass is 9.87. The Bertz CT molecular complexity index is 432. The van der Waals surface area contributed by atoms with Crippen molar-refractivity contribution in [2.75, 3.05) is 6.61 Å². The van der Waals surface area contributed by atoms with Gasteiger partial charge < -0.3 is 14.4 Å². The predicted octanol–water partition coefficient (Wildman–Crippen LogP) is 2.89. The van der Waals surface area contributed by atoms with E-state index in [0.29, 0.717) is 12.5 Å². The summed E-state index contributed by atoms with van der Waals surface area (Å²) >= 11 is 0. The SMILES string of the molecule is CCOC1(c2noc(C3CCC(O)CC3)n2)CCCC1. The molecule has 0 aromatic carbocycles. The van der Waals surface area contributed by atoms with E-state index >= 15 is 0 Å². The topological polar surface area (TPSA) is 68.4 Å². The van der Waals surface area contributed by atoms with Crippen molar-refractivity contribution in [3.63, 3.8) is 0 Å². The van der Waals surface area contributed by atoms with Crippen LogP contribution in [-0.2, 0) is 10.3 Å². The molecule has 1 N–H and O–H groups in total. The van der Waals surface area contributed by atoms with Crippen LogP contribution >= 0.6 is 0 Å².